The predicted octanol–water partition coefficient (Wildman–Crippen LogP) is 5.03. The van der Waals surface area contributed by atoms with Crippen LogP contribution in [0.4, 0.5) is 4.39 Å². The quantitative estimate of drug-likeness (QED) is 0.772. The summed E-state index contributed by atoms with van der Waals surface area (Å²) < 4.78 is 15.7. The lowest BCUT2D eigenvalue weighted by Gasteiger charge is -2.15. The average Bonchev–Trinajstić information content (AvgIpc) is 2.65. The van der Waals surface area contributed by atoms with Crippen molar-refractivity contribution in [2.75, 3.05) is 7.05 Å². The highest BCUT2D eigenvalue weighted by atomic mass is 79.9. The smallest absolute Gasteiger partial charge is 0.126 e. The molecule has 0 aliphatic heterocycles. The third kappa shape index (κ3) is 2.85. The lowest BCUT2D eigenvalue weighted by atomic mass is 10.0. The number of hydrogen-bond donors (Lipinski definition) is 1. The van der Waals surface area contributed by atoms with Crippen molar-refractivity contribution in [2.45, 2.75) is 13.0 Å². The van der Waals surface area contributed by atoms with E-state index in [-0.39, 0.29) is 11.9 Å². The SMILES string of the molecule is CNC(c1ccc(C)c(F)c1)c1cc(Br)c(Br)s1. The van der Waals surface area contributed by atoms with Crippen LogP contribution < -0.4 is 5.32 Å². The third-order valence-corrected chi connectivity index (χ3v) is 6.09. The van der Waals surface area contributed by atoms with E-state index in [2.05, 4.69) is 37.2 Å². The Morgan fingerprint density at radius 3 is 2.50 bits per heavy atom. The lowest BCUT2D eigenvalue weighted by molar-refractivity contribution is 0.609. The Balaban J connectivity index is 2.41. The second-order valence-corrected chi connectivity index (χ2v) is 7.26. The largest absolute Gasteiger partial charge is 0.309 e. The van der Waals surface area contributed by atoms with Crippen molar-refractivity contribution >= 4 is 43.2 Å². The van der Waals surface area contributed by atoms with Crippen LogP contribution in [0.2, 0.25) is 0 Å². The van der Waals surface area contributed by atoms with Gasteiger partial charge in [0.15, 0.2) is 0 Å². The summed E-state index contributed by atoms with van der Waals surface area (Å²) in [7, 11) is 1.88. The fourth-order valence-corrected chi connectivity index (χ4v) is 4.00. The van der Waals surface area contributed by atoms with Crippen LogP contribution in [-0.4, -0.2) is 7.05 Å². The number of benzene rings is 1. The van der Waals surface area contributed by atoms with Crippen molar-refractivity contribution in [3.63, 3.8) is 0 Å². The number of rotatable bonds is 3. The molecule has 1 aromatic carbocycles. The molecule has 18 heavy (non-hydrogen) atoms. The Bertz CT molecular complexity index is 549. The highest BCUT2D eigenvalue weighted by Gasteiger charge is 2.17. The van der Waals surface area contributed by atoms with E-state index in [0.29, 0.717) is 5.56 Å². The first-order valence-corrected chi connectivity index (χ1v) is 7.81. The highest BCUT2D eigenvalue weighted by Crippen LogP contribution is 2.37. The van der Waals surface area contributed by atoms with Gasteiger partial charge in [-0.25, -0.2) is 4.39 Å². The first-order chi connectivity index (χ1) is 8.52. The van der Waals surface area contributed by atoms with Gasteiger partial charge in [0.2, 0.25) is 0 Å². The summed E-state index contributed by atoms with van der Waals surface area (Å²) in [5.41, 5.74) is 1.60. The van der Waals surface area contributed by atoms with Gasteiger partial charge in [-0.05, 0) is 69.1 Å². The minimum Gasteiger partial charge on any atom is -0.309 e. The molecule has 1 atom stereocenters. The molecular weight excluding hydrogens is 381 g/mol. The van der Waals surface area contributed by atoms with E-state index in [0.717, 1.165) is 18.7 Å². The van der Waals surface area contributed by atoms with Gasteiger partial charge in [0.25, 0.3) is 0 Å². The molecule has 0 fully saturated rings. The number of halogens is 3. The van der Waals surface area contributed by atoms with Crippen LogP contribution in [0.3, 0.4) is 0 Å². The van der Waals surface area contributed by atoms with Crippen LogP contribution in [0.5, 0.6) is 0 Å². The minimum atomic E-state index is -0.164. The average molecular weight is 393 g/mol. The molecule has 0 saturated carbocycles. The zero-order chi connectivity index (χ0) is 13.3. The molecule has 0 radical (unpaired) electrons. The molecule has 0 amide bonds. The fraction of sp³-hybridized carbons (Fsp3) is 0.231. The van der Waals surface area contributed by atoms with Crippen molar-refractivity contribution in [2.24, 2.45) is 0 Å². The summed E-state index contributed by atoms with van der Waals surface area (Å²) in [6.07, 6.45) is 0. The van der Waals surface area contributed by atoms with E-state index in [9.17, 15) is 4.39 Å². The summed E-state index contributed by atoms with van der Waals surface area (Å²) >= 11 is 8.59. The Morgan fingerprint density at radius 1 is 1.28 bits per heavy atom. The van der Waals surface area contributed by atoms with Crippen LogP contribution in [0.25, 0.3) is 0 Å². The van der Waals surface area contributed by atoms with Crippen molar-refractivity contribution in [3.05, 3.63) is 54.3 Å². The van der Waals surface area contributed by atoms with E-state index in [1.807, 2.05) is 25.2 Å². The first kappa shape index (κ1) is 14.2. The van der Waals surface area contributed by atoms with E-state index in [4.69, 9.17) is 0 Å². The summed E-state index contributed by atoms with van der Waals surface area (Å²) in [4.78, 5) is 1.14. The van der Waals surface area contributed by atoms with Crippen LogP contribution in [0.1, 0.15) is 22.0 Å². The number of aryl methyl sites for hydroxylation is 1. The van der Waals surface area contributed by atoms with Gasteiger partial charge >= 0.3 is 0 Å². The molecule has 1 heterocycles. The van der Waals surface area contributed by atoms with Crippen LogP contribution in [0.15, 0.2) is 32.5 Å². The molecule has 5 heteroatoms. The van der Waals surface area contributed by atoms with Gasteiger partial charge in [0, 0.05) is 9.35 Å². The molecule has 1 unspecified atom stereocenters. The topological polar surface area (TPSA) is 12.0 Å². The molecule has 0 bridgehead atoms. The number of hydrogen-bond acceptors (Lipinski definition) is 2. The molecule has 0 saturated heterocycles. The molecule has 1 nitrogen and oxygen atoms in total. The normalized spacial score (nSPS) is 12.7. The number of nitrogens with one attached hydrogen (secondary N) is 1. The Hall–Kier alpha value is -0.230. The van der Waals surface area contributed by atoms with E-state index >= 15 is 0 Å². The highest BCUT2D eigenvalue weighted by molar-refractivity contribution is 9.13. The maximum Gasteiger partial charge on any atom is 0.126 e. The van der Waals surface area contributed by atoms with Gasteiger partial charge in [-0.2, -0.15) is 0 Å². The van der Waals surface area contributed by atoms with E-state index < -0.39 is 0 Å². The second kappa shape index (κ2) is 5.82. The molecule has 96 valence electrons. The van der Waals surface area contributed by atoms with Gasteiger partial charge in [0.1, 0.15) is 5.82 Å². The standard InChI is InChI=1S/C13H12Br2FNS/c1-7-3-4-8(5-10(7)16)12(17-2)11-6-9(14)13(15)18-11/h3-6,12,17H,1-2H3. The Morgan fingerprint density at radius 2 is 2.00 bits per heavy atom. The second-order valence-electron chi connectivity index (χ2n) is 4.00. The van der Waals surface area contributed by atoms with E-state index in [1.165, 1.54) is 0 Å². The molecule has 0 aliphatic rings. The van der Waals surface area contributed by atoms with Crippen molar-refractivity contribution in [3.8, 4) is 0 Å². The van der Waals surface area contributed by atoms with Gasteiger partial charge in [-0.3, -0.25) is 0 Å². The molecular formula is C13H12Br2FNS. The zero-order valence-electron chi connectivity index (χ0n) is 9.93. The molecule has 2 aromatic rings. The van der Waals surface area contributed by atoms with Crippen molar-refractivity contribution < 1.29 is 4.39 Å². The van der Waals surface area contributed by atoms with Crippen molar-refractivity contribution in [1.29, 1.82) is 0 Å². The monoisotopic (exact) mass is 391 g/mol. The molecule has 1 aromatic heterocycles. The maximum absolute atomic E-state index is 13.6. The minimum absolute atomic E-state index is 0.00713. The van der Waals surface area contributed by atoms with E-state index in [1.54, 1.807) is 24.3 Å². The Kier molecular flexibility index (Phi) is 4.59. The number of thiophene rings is 1. The van der Waals surface area contributed by atoms with Gasteiger partial charge in [-0.1, -0.05) is 12.1 Å². The maximum atomic E-state index is 13.6. The van der Waals surface area contributed by atoms with Crippen LogP contribution in [-0.2, 0) is 0 Å². The van der Waals surface area contributed by atoms with Crippen LogP contribution in [0, 0.1) is 12.7 Å². The lowest BCUT2D eigenvalue weighted by Crippen LogP contribution is -2.16. The van der Waals surface area contributed by atoms with Gasteiger partial charge in [0.05, 0.1) is 9.83 Å². The summed E-state index contributed by atoms with van der Waals surface area (Å²) in [5, 5.41) is 3.22. The molecule has 2 rings (SSSR count). The summed E-state index contributed by atoms with van der Waals surface area (Å²) in [5.74, 6) is -0.164. The predicted molar refractivity (Wildman–Crippen MR) is 81.8 cm³/mol. The molecule has 0 spiro atoms. The zero-order valence-corrected chi connectivity index (χ0v) is 13.9. The van der Waals surface area contributed by atoms with Crippen LogP contribution >= 0.6 is 43.2 Å². The van der Waals surface area contributed by atoms with Gasteiger partial charge in [-0.15, -0.1) is 11.3 Å². The molecule has 1 N–H and O–H groups in total. The first-order valence-electron chi connectivity index (χ1n) is 5.41. The summed E-state index contributed by atoms with van der Waals surface area (Å²) in [6, 6.07) is 7.42. The summed E-state index contributed by atoms with van der Waals surface area (Å²) in [6.45, 7) is 1.77. The van der Waals surface area contributed by atoms with Gasteiger partial charge < -0.3 is 5.32 Å². The van der Waals surface area contributed by atoms with Crippen molar-refractivity contribution in [1.82, 2.24) is 5.32 Å². The molecule has 0 aliphatic carbocycles. The Labute approximate surface area is 127 Å². The third-order valence-electron chi connectivity index (χ3n) is 2.77. The fourth-order valence-electron chi connectivity index (χ4n) is 1.77.